The van der Waals surface area contributed by atoms with Gasteiger partial charge in [0, 0.05) is 12.5 Å². The van der Waals surface area contributed by atoms with E-state index in [0.717, 1.165) is 11.1 Å². The molecule has 4 rings (SSSR count). The SMILES string of the molecule is CC(C)(C)OC(=O)N[C@H]1CC[C@@H](O)C[C@H]2CC[C@@H](C(=O)N[C@@H](CCC(N)=O)C(=O)NC(c3ccccc3)c3ccccc3)N2C1=O. The van der Waals surface area contributed by atoms with Crippen LogP contribution >= 0.6 is 0 Å². The third-order valence-electron chi connectivity index (χ3n) is 8.25. The fourth-order valence-corrected chi connectivity index (χ4v) is 6.10. The number of amides is 5. The van der Waals surface area contributed by atoms with Crippen LogP contribution in [0.25, 0.3) is 0 Å². The average molecular weight is 636 g/mol. The molecule has 2 saturated heterocycles. The number of alkyl carbamates (subject to hydrolysis) is 1. The Hall–Kier alpha value is -4.45. The molecule has 12 nitrogen and oxygen atoms in total. The number of nitrogens with zero attached hydrogens (tertiary/aromatic N) is 1. The number of hydrogen-bond donors (Lipinski definition) is 5. The van der Waals surface area contributed by atoms with Gasteiger partial charge < -0.3 is 36.4 Å². The zero-order chi connectivity index (χ0) is 33.4. The summed E-state index contributed by atoms with van der Waals surface area (Å²) in [5, 5.41) is 19.1. The summed E-state index contributed by atoms with van der Waals surface area (Å²) in [6.07, 6.45) is -0.181. The third-order valence-corrected chi connectivity index (χ3v) is 8.25. The van der Waals surface area contributed by atoms with Crippen LogP contribution in [0.1, 0.15) is 82.9 Å². The van der Waals surface area contributed by atoms with Crippen molar-refractivity contribution in [1.29, 1.82) is 0 Å². The molecule has 46 heavy (non-hydrogen) atoms. The number of nitrogens with one attached hydrogen (secondary N) is 3. The number of carbonyl (C=O) groups excluding carboxylic acids is 5. The highest BCUT2D eigenvalue weighted by molar-refractivity contribution is 5.95. The summed E-state index contributed by atoms with van der Waals surface area (Å²) in [6.45, 7) is 5.12. The van der Waals surface area contributed by atoms with Crippen LogP contribution in [0.15, 0.2) is 60.7 Å². The molecule has 6 N–H and O–H groups in total. The molecule has 5 atom stereocenters. The minimum atomic E-state index is -1.12. The Labute approximate surface area is 269 Å². The highest BCUT2D eigenvalue weighted by Gasteiger charge is 2.46. The van der Waals surface area contributed by atoms with E-state index in [1.165, 1.54) is 4.90 Å². The number of rotatable bonds is 10. The number of fused-ring (bicyclic) bond motifs is 1. The van der Waals surface area contributed by atoms with E-state index in [1.54, 1.807) is 20.8 Å². The summed E-state index contributed by atoms with van der Waals surface area (Å²) >= 11 is 0. The number of nitrogens with two attached hydrogens (primary N) is 1. The highest BCUT2D eigenvalue weighted by atomic mass is 16.6. The van der Waals surface area contributed by atoms with E-state index < -0.39 is 71.6 Å². The van der Waals surface area contributed by atoms with Gasteiger partial charge in [-0.15, -0.1) is 0 Å². The second kappa shape index (κ2) is 15.2. The number of aliphatic hydroxyl groups excluding tert-OH is 1. The zero-order valence-electron chi connectivity index (χ0n) is 26.6. The van der Waals surface area contributed by atoms with Crippen LogP contribution in [0.5, 0.6) is 0 Å². The molecule has 5 amide bonds. The number of carbonyl (C=O) groups is 5. The quantitative estimate of drug-likeness (QED) is 0.266. The molecule has 0 spiro atoms. The van der Waals surface area contributed by atoms with Gasteiger partial charge in [-0.05, 0) is 70.4 Å². The first-order chi connectivity index (χ1) is 21.8. The summed E-state index contributed by atoms with van der Waals surface area (Å²) in [5.41, 5.74) is 6.29. The minimum Gasteiger partial charge on any atom is -0.444 e. The zero-order valence-corrected chi connectivity index (χ0v) is 26.6. The van der Waals surface area contributed by atoms with Gasteiger partial charge in [-0.25, -0.2) is 4.79 Å². The monoisotopic (exact) mass is 635 g/mol. The summed E-state index contributed by atoms with van der Waals surface area (Å²) in [4.78, 5) is 67.2. The van der Waals surface area contributed by atoms with Gasteiger partial charge in [-0.3, -0.25) is 19.2 Å². The molecule has 0 aliphatic carbocycles. The van der Waals surface area contributed by atoms with Crippen LogP contribution in [-0.4, -0.2) is 75.6 Å². The molecular weight excluding hydrogens is 590 g/mol. The van der Waals surface area contributed by atoms with Crippen molar-refractivity contribution in [2.45, 2.75) is 108 Å². The molecule has 0 saturated carbocycles. The molecule has 2 heterocycles. The van der Waals surface area contributed by atoms with Crippen molar-refractivity contribution in [3.63, 3.8) is 0 Å². The molecule has 248 valence electrons. The molecule has 0 aromatic heterocycles. The Bertz CT molecular complexity index is 1340. The number of primary amides is 1. The first kappa shape index (κ1) is 34.4. The minimum absolute atomic E-state index is 0.0468. The molecule has 2 aliphatic rings. The van der Waals surface area contributed by atoms with E-state index in [4.69, 9.17) is 10.5 Å². The highest BCUT2D eigenvalue weighted by Crippen LogP contribution is 2.32. The van der Waals surface area contributed by atoms with Crippen LogP contribution < -0.4 is 21.7 Å². The number of benzene rings is 2. The van der Waals surface area contributed by atoms with Gasteiger partial charge in [0.25, 0.3) is 0 Å². The maximum Gasteiger partial charge on any atom is 0.408 e. The van der Waals surface area contributed by atoms with E-state index in [1.807, 2.05) is 60.7 Å². The Morgan fingerprint density at radius 1 is 0.935 bits per heavy atom. The fraction of sp³-hybridized carbons (Fsp3) is 0.500. The fourth-order valence-electron chi connectivity index (χ4n) is 6.10. The van der Waals surface area contributed by atoms with E-state index in [-0.39, 0.29) is 25.7 Å². The lowest BCUT2D eigenvalue weighted by Crippen LogP contribution is -2.59. The van der Waals surface area contributed by atoms with E-state index in [2.05, 4.69) is 16.0 Å². The van der Waals surface area contributed by atoms with Crippen molar-refractivity contribution < 1.29 is 33.8 Å². The summed E-state index contributed by atoms with van der Waals surface area (Å²) in [5.74, 6) is -2.16. The Morgan fingerprint density at radius 3 is 2.11 bits per heavy atom. The van der Waals surface area contributed by atoms with Crippen molar-refractivity contribution in [1.82, 2.24) is 20.9 Å². The van der Waals surface area contributed by atoms with Crippen molar-refractivity contribution in [2.75, 3.05) is 0 Å². The largest absolute Gasteiger partial charge is 0.444 e. The van der Waals surface area contributed by atoms with Crippen LogP contribution in [-0.2, 0) is 23.9 Å². The second-order valence-corrected chi connectivity index (χ2v) is 13.0. The van der Waals surface area contributed by atoms with Gasteiger partial charge in [0.2, 0.25) is 23.6 Å². The van der Waals surface area contributed by atoms with Gasteiger partial charge in [-0.1, -0.05) is 60.7 Å². The van der Waals surface area contributed by atoms with Crippen LogP contribution in [0, 0.1) is 0 Å². The van der Waals surface area contributed by atoms with Crippen molar-refractivity contribution >= 4 is 29.7 Å². The Kier molecular flexibility index (Phi) is 11.4. The van der Waals surface area contributed by atoms with Gasteiger partial charge in [-0.2, -0.15) is 0 Å². The van der Waals surface area contributed by atoms with Gasteiger partial charge in [0.15, 0.2) is 0 Å². The van der Waals surface area contributed by atoms with Gasteiger partial charge >= 0.3 is 6.09 Å². The molecule has 0 unspecified atom stereocenters. The predicted molar refractivity (Wildman–Crippen MR) is 170 cm³/mol. The summed E-state index contributed by atoms with van der Waals surface area (Å²) in [6, 6.07) is 14.7. The standard InChI is InChI=1S/C34H45N5O7/c1-34(2,3)46-33(45)37-26-16-15-24(40)20-23-14-18-27(39(23)32(26)44)31(43)36-25(17-19-28(35)41)30(42)38-29(21-10-6-4-7-11-21)22-12-8-5-9-13-22/h4-13,23-27,29,40H,14-20H2,1-3H3,(H2,35,41)(H,36,43)(H,37,45)(H,38,42)/t23-,24-,25+,26+,27+/m1/s1. The molecule has 2 aliphatic heterocycles. The van der Waals surface area contributed by atoms with Crippen molar-refractivity contribution in [3.05, 3.63) is 71.8 Å². The molecule has 2 fully saturated rings. The second-order valence-electron chi connectivity index (χ2n) is 13.0. The first-order valence-corrected chi connectivity index (χ1v) is 15.8. The number of aliphatic hydroxyl groups is 1. The lowest BCUT2D eigenvalue weighted by molar-refractivity contribution is -0.144. The molecule has 12 heteroatoms. The van der Waals surface area contributed by atoms with Gasteiger partial charge in [0.05, 0.1) is 12.1 Å². The first-order valence-electron chi connectivity index (χ1n) is 15.8. The number of ether oxygens (including phenoxy) is 1. The lowest BCUT2D eigenvalue weighted by atomic mass is 9.96. The molecule has 0 bridgehead atoms. The van der Waals surface area contributed by atoms with Gasteiger partial charge in [0.1, 0.15) is 23.7 Å². The topological polar surface area (TPSA) is 180 Å². The van der Waals surface area contributed by atoms with Crippen LogP contribution in [0.2, 0.25) is 0 Å². The van der Waals surface area contributed by atoms with E-state index >= 15 is 0 Å². The molecule has 0 radical (unpaired) electrons. The van der Waals surface area contributed by atoms with Crippen LogP contribution in [0.3, 0.4) is 0 Å². The Balaban J connectivity index is 1.54. The predicted octanol–water partition coefficient (Wildman–Crippen LogP) is 2.44. The molecule has 2 aromatic rings. The normalized spacial score (nSPS) is 22.2. The maximum absolute atomic E-state index is 13.9. The summed E-state index contributed by atoms with van der Waals surface area (Å²) in [7, 11) is 0. The smallest absolute Gasteiger partial charge is 0.408 e. The lowest BCUT2D eigenvalue weighted by Gasteiger charge is -2.37. The maximum atomic E-state index is 13.9. The summed E-state index contributed by atoms with van der Waals surface area (Å²) < 4.78 is 5.35. The van der Waals surface area contributed by atoms with Crippen LogP contribution in [0.4, 0.5) is 4.79 Å². The van der Waals surface area contributed by atoms with E-state index in [9.17, 15) is 29.1 Å². The number of hydrogen-bond acceptors (Lipinski definition) is 7. The van der Waals surface area contributed by atoms with Crippen molar-refractivity contribution in [2.24, 2.45) is 5.73 Å². The van der Waals surface area contributed by atoms with Crippen molar-refractivity contribution in [3.8, 4) is 0 Å². The third kappa shape index (κ3) is 9.29. The molecule has 2 aromatic carbocycles. The molecular formula is C34H45N5O7. The Morgan fingerprint density at radius 2 is 1.54 bits per heavy atom. The average Bonchev–Trinajstić information content (AvgIpc) is 3.41. The van der Waals surface area contributed by atoms with E-state index in [0.29, 0.717) is 19.3 Å².